The van der Waals surface area contributed by atoms with Crippen LogP contribution in [0.1, 0.15) is 43.6 Å². The Bertz CT molecular complexity index is 451. The van der Waals surface area contributed by atoms with Crippen LogP contribution in [0.4, 0.5) is 0 Å². The van der Waals surface area contributed by atoms with Crippen molar-refractivity contribution in [3.05, 3.63) is 35.4 Å². The number of aryl methyl sites for hydroxylation is 1. The van der Waals surface area contributed by atoms with Gasteiger partial charge in [0, 0.05) is 11.6 Å². The molecule has 1 aromatic carbocycles. The van der Waals surface area contributed by atoms with E-state index in [1.165, 1.54) is 10.5 Å². The van der Waals surface area contributed by atoms with Gasteiger partial charge in [-0.3, -0.25) is 9.59 Å². The summed E-state index contributed by atoms with van der Waals surface area (Å²) >= 11 is 0. The minimum absolute atomic E-state index is 0.0140. The average Bonchev–Trinajstić information content (AvgIpc) is 2.44. The van der Waals surface area contributed by atoms with Crippen LogP contribution in [0, 0.1) is 0 Å². The normalized spacial score (nSPS) is 10.4. The van der Waals surface area contributed by atoms with E-state index in [4.69, 9.17) is 4.74 Å². The largest absolute Gasteiger partial charge is 0.465 e. The maximum absolute atomic E-state index is 12.4. The minimum Gasteiger partial charge on any atom is -0.465 e. The molecule has 0 atom stereocenters. The van der Waals surface area contributed by atoms with Gasteiger partial charge in [0.15, 0.2) is 0 Å². The highest BCUT2D eigenvalue weighted by Gasteiger charge is 2.22. The zero-order chi connectivity index (χ0) is 15.1. The van der Waals surface area contributed by atoms with Crippen molar-refractivity contribution in [2.24, 2.45) is 0 Å². The Balaban J connectivity index is 2.84. The third kappa shape index (κ3) is 4.37. The van der Waals surface area contributed by atoms with Crippen LogP contribution in [0.3, 0.4) is 0 Å². The van der Waals surface area contributed by atoms with Crippen LogP contribution in [0.15, 0.2) is 24.3 Å². The van der Waals surface area contributed by atoms with Gasteiger partial charge >= 0.3 is 5.97 Å². The van der Waals surface area contributed by atoms with Crippen LogP contribution in [0.25, 0.3) is 0 Å². The number of carbonyl (C=O) groups excluding carboxylic acids is 2. The van der Waals surface area contributed by atoms with Crippen molar-refractivity contribution in [1.82, 2.24) is 4.90 Å². The number of amides is 1. The Kier molecular flexibility index (Phi) is 6.22. The molecule has 0 saturated heterocycles. The fourth-order valence-electron chi connectivity index (χ4n) is 1.88. The predicted octanol–water partition coefficient (Wildman–Crippen LogP) is 2.66. The molecule has 110 valence electrons. The molecule has 0 aliphatic rings. The van der Waals surface area contributed by atoms with Crippen LogP contribution in [0.2, 0.25) is 0 Å². The molecule has 0 heterocycles. The van der Waals surface area contributed by atoms with Crippen molar-refractivity contribution < 1.29 is 14.3 Å². The van der Waals surface area contributed by atoms with Crippen LogP contribution < -0.4 is 0 Å². The van der Waals surface area contributed by atoms with Gasteiger partial charge < -0.3 is 9.64 Å². The van der Waals surface area contributed by atoms with Gasteiger partial charge in [-0.25, -0.2) is 0 Å². The van der Waals surface area contributed by atoms with Gasteiger partial charge in [-0.15, -0.1) is 0 Å². The molecule has 0 aliphatic carbocycles. The molecule has 0 bridgehead atoms. The van der Waals surface area contributed by atoms with Gasteiger partial charge in [-0.05, 0) is 44.9 Å². The van der Waals surface area contributed by atoms with Crippen LogP contribution in [-0.2, 0) is 16.0 Å². The van der Waals surface area contributed by atoms with E-state index >= 15 is 0 Å². The highest BCUT2D eigenvalue weighted by atomic mass is 16.5. The number of hydrogen-bond donors (Lipinski definition) is 0. The first-order chi connectivity index (χ1) is 9.49. The van der Waals surface area contributed by atoms with Gasteiger partial charge in [0.25, 0.3) is 5.91 Å². The zero-order valence-electron chi connectivity index (χ0n) is 12.7. The summed E-state index contributed by atoms with van der Waals surface area (Å²) in [6, 6.07) is 7.44. The summed E-state index contributed by atoms with van der Waals surface area (Å²) in [7, 11) is 0. The monoisotopic (exact) mass is 277 g/mol. The van der Waals surface area contributed by atoms with E-state index in [9.17, 15) is 9.59 Å². The predicted molar refractivity (Wildman–Crippen MR) is 78.6 cm³/mol. The fraction of sp³-hybridized carbons (Fsp3) is 0.500. The Hall–Kier alpha value is -1.84. The third-order valence-electron chi connectivity index (χ3n) is 3.10. The second-order valence-electron chi connectivity index (χ2n) is 4.88. The van der Waals surface area contributed by atoms with E-state index in [0.29, 0.717) is 12.2 Å². The number of hydrogen-bond acceptors (Lipinski definition) is 3. The highest BCUT2D eigenvalue weighted by Crippen LogP contribution is 2.11. The summed E-state index contributed by atoms with van der Waals surface area (Å²) in [5.74, 6) is -0.518. The molecular formula is C16H23NO3. The lowest BCUT2D eigenvalue weighted by molar-refractivity contribution is -0.144. The number of carbonyl (C=O) groups is 2. The summed E-state index contributed by atoms with van der Waals surface area (Å²) < 4.78 is 4.91. The van der Waals surface area contributed by atoms with Crippen molar-refractivity contribution >= 4 is 11.9 Å². The molecule has 0 aromatic heterocycles. The molecule has 0 unspecified atom stereocenters. The summed E-state index contributed by atoms with van der Waals surface area (Å²) in [4.78, 5) is 25.5. The van der Waals surface area contributed by atoms with E-state index in [1.54, 1.807) is 6.92 Å². The lowest BCUT2D eigenvalue weighted by Gasteiger charge is -2.25. The molecule has 20 heavy (non-hydrogen) atoms. The fourth-order valence-corrected chi connectivity index (χ4v) is 1.88. The number of ether oxygens (including phenoxy) is 1. The van der Waals surface area contributed by atoms with E-state index in [2.05, 4.69) is 6.92 Å². The molecule has 0 aliphatic heterocycles. The standard InChI is InChI=1S/C16H23NO3/c1-5-13-7-9-14(10-8-13)16(19)17(12(3)4)11-15(18)20-6-2/h7-10,12H,5-6,11H2,1-4H3. The van der Waals surface area contributed by atoms with Crippen molar-refractivity contribution in [3.8, 4) is 0 Å². The Labute approximate surface area is 120 Å². The summed E-state index contributed by atoms with van der Waals surface area (Å²) in [5.41, 5.74) is 1.78. The van der Waals surface area contributed by atoms with Crippen LogP contribution in [-0.4, -0.2) is 36.0 Å². The van der Waals surface area contributed by atoms with Gasteiger partial charge in [-0.1, -0.05) is 19.1 Å². The van der Waals surface area contributed by atoms with E-state index in [-0.39, 0.29) is 24.5 Å². The molecular weight excluding hydrogens is 254 g/mol. The lowest BCUT2D eigenvalue weighted by Crippen LogP contribution is -2.41. The first-order valence-corrected chi connectivity index (χ1v) is 7.05. The molecule has 0 spiro atoms. The van der Waals surface area contributed by atoms with Crippen LogP contribution >= 0.6 is 0 Å². The highest BCUT2D eigenvalue weighted by molar-refractivity contribution is 5.96. The summed E-state index contributed by atoms with van der Waals surface area (Å²) in [5, 5.41) is 0. The maximum Gasteiger partial charge on any atom is 0.325 e. The average molecular weight is 277 g/mol. The molecule has 0 radical (unpaired) electrons. The van der Waals surface area contributed by atoms with Gasteiger partial charge in [0.2, 0.25) is 0 Å². The molecule has 4 nitrogen and oxygen atoms in total. The molecule has 0 fully saturated rings. The lowest BCUT2D eigenvalue weighted by atomic mass is 10.1. The first kappa shape index (κ1) is 16.2. The zero-order valence-corrected chi connectivity index (χ0v) is 12.7. The number of esters is 1. The second-order valence-corrected chi connectivity index (χ2v) is 4.88. The molecule has 4 heteroatoms. The number of nitrogens with zero attached hydrogens (tertiary/aromatic N) is 1. The first-order valence-electron chi connectivity index (χ1n) is 7.05. The Morgan fingerprint density at radius 2 is 1.75 bits per heavy atom. The molecule has 1 rings (SSSR count). The van der Waals surface area contributed by atoms with Crippen molar-refractivity contribution in [3.63, 3.8) is 0 Å². The third-order valence-corrected chi connectivity index (χ3v) is 3.10. The smallest absolute Gasteiger partial charge is 0.325 e. The number of rotatable bonds is 6. The van der Waals surface area contributed by atoms with Crippen molar-refractivity contribution in [1.29, 1.82) is 0 Å². The summed E-state index contributed by atoms with van der Waals surface area (Å²) in [6.07, 6.45) is 0.936. The van der Waals surface area contributed by atoms with Gasteiger partial charge in [0.05, 0.1) is 6.61 Å². The minimum atomic E-state index is -0.375. The van der Waals surface area contributed by atoms with E-state index in [1.807, 2.05) is 38.1 Å². The maximum atomic E-state index is 12.4. The van der Waals surface area contributed by atoms with Gasteiger partial charge in [-0.2, -0.15) is 0 Å². The van der Waals surface area contributed by atoms with Crippen molar-refractivity contribution in [2.75, 3.05) is 13.2 Å². The van der Waals surface area contributed by atoms with E-state index < -0.39 is 0 Å². The van der Waals surface area contributed by atoms with Crippen LogP contribution in [0.5, 0.6) is 0 Å². The van der Waals surface area contributed by atoms with Gasteiger partial charge in [0.1, 0.15) is 6.54 Å². The second kappa shape index (κ2) is 7.68. The Morgan fingerprint density at radius 3 is 2.20 bits per heavy atom. The van der Waals surface area contributed by atoms with Crippen molar-refractivity contribution in [2.45, 2.75) is 40.2 Å². The molecule has 1 amide bonds. The molecule has 0 N–H and O–H groups in total. The van der Waals surface area contributed by atoms with E-state index in [0.717, 1.165) is 6.42 Å². The Morgan fingerprint density at radius 1 is 1.15 bits per heavy atom. The summed E-state index contributed by atoms with van der Waals surface area (Å²) in [6.45, 7) is 7.90. The quantitative estimate of drug-likeness (QED) is 0.751. The SMILES string of the molecule is CCOC(=O)CN(C(=O)c1ccc(CC)cc1)C(C)C. The topological polar surface area (TPSA) is 46.6 Å². The number of benzene rings is 1. The molecule has 1 aromatic rings. The molecule has 0 saturated carbocycles.